The molecule has 1 fully saturated rings. The van der Waals surface area contributed by atoms with E-state index in [0.717, 1.165) is 42.5 Å². The smallest absolute Gasteiger partial charge is 0.291 e. The zero-order chi connectivity index (χ0) is 22.6. The second-order valence-electron chi connectivity index (χ2n) is 9.64. The van der Waals surface area contributed by atoms with Crippen molar-refractivity contribution in [3.8, 4) is 5.75 Å². The summed E-state index contributed by atoms with van der Waals surface area (Å²) in [6.45, 7) is 8.08. The molecule has 166 valence electrons. The Bertz CT molecular complexity index is 1240. The van der Waals surface area contributed by atoms with Gasteiger partial charge in [0.25, 0.3) is 5.91 Å². The lowest BCUT2D eigenvalue weighted by atomic mass is 9.74. The van der Waals surface area contributed by atoms with E-state index in [4.69, 9.17) is 9.15 Å². The molecule has 0 bridgehead atoms. The second-order valence-corrected chi connectivity index (χ2v) is 9.64. The number of hydrogen-bond acceptors (Lipinski definition) is 4. The molecule has 1 aromatic heterocycles. The molecular formula is C27H29NO4. The van der Waals surface area contributed by atoms with Crippen LogP contribution in [-0.2, 0) is 0 Å². The summed E-state index contributed by atoms with van der Waals surface area (Å²) in [5, 5.41) is 3.65. The SMILES string of the molecule is Cc1cccc(NC(=O)c2oc3ccc4c(c3c2C)C(=O)CC2(CCC(C)CC2)O4)c1C. The monoisotopic (exact) mass is 431 g/mol. The first-order valence-corrected chi connectivity index (χ1v) is 11.4. The van der Waals surface area contributed by atoms with Gasteiger partial charge in [-0.3, -0.25) is 9.59 Å². The van der Waals surface area contributed by atoms with E-state index in [9.17, 15) is 9.59 Å². The molecule has 5 nitrogen and oxygen atoms in total. The van der Waals surface area contributed by atoms with Gasteiger partial charge in [0.15, 0.2) is 11.5 Å². The summed E-state index contributed by atoms with van der Waals surface area (Å²) >= 11 is 0. The Kier molecular flexibility index (Phi) is 4.88. The Morgan fingerprint density at radius 2 is 1.81 bits per heavy atom. The third-order valence-corrected chi connectivity index (χ3v) is 7.39. The van der Waals surface area contributed by atoms with Crippen molar-refractivity contribution in [2.45, 2.75) is 65.4 Å². The van der Waals surface area contributed by atoms with E-state index in [1.54, 1.807) is 0 Å². The van der Waals surface area contributed by atoms with E-state index < -0.39 is 0 Å². The number of fused-ring (bicyclic) bond motifs is 3. The van der Waals surface area contributed by atoms with Crippen molar-refractivity contribution in [2.75, 3.05) is 5.32 Å². The highest BCUT2D eigenvalue weighted by molar-refractivity contribution is 6.15. The normalized spacial score (nSPS) is 22.6. The molecule has 2 aliphatic rings. The van der Waals surface area contributed by atoms with Crippen molar-refractivity contribution in [2.24, 2.45) is 5.92 Å². The van der Waals surface area contributed by atoms with Crippen LogP contribution >= 0.6 is 0 Å². The van der Waals surface area contributed by atoms with Gasteiger partial charge in [0.1, 0.15) is 16.9 Å². The second kappa shape index (κ2) is 7.51. The minimum atomic E-state index is -0.384. The van der Waals surface area contributed by atoms with Gasteiger partial charge < -0.3 is 14.5 Å². The van der Waals surface area contributed by atoms with Crippen LogP contribution in [0.2, 0.25) is 0 Å². The molecular weight excluding hydrogens is 402 g/mol. The van der Waals surface area contributed by atoms with Crippen LogP contribution in [0.25, 0.3) is 11.0 Å². The molecule has 0 radical (unpaired) electrons. The number of anilines is 1. The van der Waals surface area contributed by atoms with Gasteiger partial charge in [-0.25, -0.2) is 0 Å². The number of nitrogens with one attached hydrogen (secondary N) is 1. The molecule has 32 heavy (non-hydrogen) atoms. The summed E-state index contributed by atoms with van der Waals surface area (Å²) in [4.78, 5) is 26.4. The Labute approximate surface area is 188 Å². The molecule has 1 N–H and O–H groups in total. The largest absolute Gasteiger partial charge is 0.486 e. The van der Waals surface area contributed by atoms with E-state index in [2.05, 4.69) is 12.2 Å². The topological polar surface area (TPSA) is 68.5 Å². The minimum absolute atomic E-state index is 0.0804. The maximum absolute atomic E-state index is 13.3. The number of rotatable bonds is 2. The maximum Gasteiger partial charge on any atom is 0.291 e. The fraction of sp³-hybridized carbons (Fsp3) is 0.407. The Morgan fingerprint density at radius 1 is 1.06 bits per heavy atom. The number of ether oxygens (including phenoxy) is 1. The molecule has 3 aromatic rings. The van der Waals surface area contributed by atoms with Crippen LogP contribution in [0, 0.1) is 26.7 Å². The van der Waals surface area contributed by atoms with Crippen LogP contribution < -0.4 is 10.1 Å². The fourth-order valence-corrected chi connectivity index (χ4v) is 5.18. The van der Waals surface area contributed by atoms with E-state index in [1.807, 2.05) is 51.1 Å². The first-order chi connectivity index (χ1) is 15.3. The van der Waals surface area contributed by atoms with Crippen molar-refractivity contribution in [1.82, 2.24) is 0 Å². The maximum atomic E-state index is 13.3. The molecule has 1 aliphatic heterocycles. The summed E-state index contributed by atoms with van der Waals surface area (Å²) in [6, 6.07) is 9.44. The van der Waals surface area contributed by atoms with Crippen molar-refractivity contribution in [1.29, 1.82) is 0 Å². The standard InChI is InChI=1S/C27H29NO4/c1-15-10-12-27(13-11-15)14-20(29)24-22(32-27)9-8-21-23(24)18(4)25(31-21)26(30)28-19-7-5-6-16(2)17(19)3/h5-9,15H,10-14H2,1-4H3,(H,28,30). The number of carbonyl (C=O) groups is 2. The van der Waals surface area contributed by atoms with Crippen LogP contribution in [-0.4, -0.2) is 17.3 Å². The van der Waals surface area contributed by atoms with Crippen molar-refractivity contribution >= 4 is 28.3 Å². The van der Waals surface area contributed by atoms with E-state index in [0.29, 0.717) is 40.2 Å². The number of hydrogen-bond donors (Lipinski definition) is 1. The quantitative estimate of drug-likeness (QED) is 0.501. The highest BCUT2D eigenvalue weighted by Gasteiger charge is 2.43. The van der Waals surface area contributed by atoms with Crippen molar-refractivity contribution < 1.29 is 18.7 Å². The van der Waals surface area contributed by atoms with Gasteiger partial charge in [0.05, 0.1) is 12.0 Å². The van der Waals surface area contributed by atoms with Crippen LogP contribution in [0.3, 0.4) is 0 Å². The molecule has 1 spiro atoms. The van der Waals surface area contributed by atoms with Crippen LogP contribution in [0.1, 0.15) is 76.6 Å². The van der Waals surface area contributed by atoms with Gasteiger partial charge in [-0.2, -0.15) is 0 Å². The summed E-state index contributed by atoms with van der Waals surface area (Å²) in [5.74, 6) is 1.29. The average Bonchev–Trinajstić information content (AvgIpc) is 3.10. The van der Waals surface area contributed by atoms with E-state index in [1.165, 1.54) is 0 Å². The van der Waals surface area contributed by atoms with Gasteiger partial charge >= 0.3 is 0 Å². The highest BCUT2D eigenvalue weighted by Crippen LogP contribution is 2.46. The Morgan fingerprint density at radius 3 is 2.56 bits per heavy atom. The molecule has 5 heteroatoms. The molecule has 5 rings (SSSR count). The summed E-state index contributed by atoms with van der Waals surface area (Å²) in [5.41, 5.74) is 4.26. The summed E-state index contributed by atoms with van der Waals surface area (Å²) in [6.07, 6.45) is 4.37. The molecule has 1 aliphatic carbocycles. The number of aryl methyl sites for hydroxylation is 2. The lowest BCUT2D eigenvalue weighted by Gasteiger charge is -2.42. The van der Waals surface area contributed by atoms with Crippen molar-refractivity contribution in [3.05, 3.63) is 58.3 Å². The van der Waals surface area contributed by atoms with Gasteiger partial charge in [-0.1, -0.05) is 19.1 Å². The minimum Gasteiger partial charge on any atom is -0.486 e. The van der Waals surface area contributed by atoms with Gasteiger partial charge in [0, 0.05) is 16.6 Å². The third kappa shape index (κ3) is 3.31. The van der Waals surface area contributed by atoms with Crippen LogP contribution in [0.5, 0.6) is 5.75 Å². The number of benzene rings is 2. The van der Waals surface area contributed by atoms with Crippen LogP contribution in [0.4, 0.5) is 5.69 Å². The molecule has 0 unspecified atom stereocenters. The van der Waals surface area contributed by atoms with Crippen LogP contribution in [0.15, 0.2) is 34.7 Å². The number of ketones is 1. The number of Topliss-reactive ketones (excluding diaryl/α,β-unsaturated/α-hetero) is 1. The zero-order valence-corrected chi connectivity index (χ0v) is 19.1. The summed E-state index contributed by atoms with van der Waals surface area (Å²) in [7, 11) is 0. The predicted molar refractivity (Wildman–Crippen MR) is 125 cm³/mol. The summed E-state index contributed by atoms with van der Waals surface area (Å²) < 4.78 is 12.4. The first-order valence-electron chi connectivity index (χ1n) is 11.4. The zero-order valence-electron chi connectivity index (χ0n) is 19.1. The molecule has 2 aromatic carbocycles. The lowest BCUT2D eigenvalue weighted by Crippen LogP contribution is -2.44. The van der Waals surface area contributed by atoms with Gasteiger partial charge in [0.2, 0.25) is 0 Å². The van der Waals surface area contributed by atoms with Crippen molar-refractivity contribution in [3.63, 3.8) is 0 Å². The predicted octanol–water partition coefficient (Wildman–Crippen LogP) is 6.52. The number of carbonyl (C=O) groups excluding carboxylic acids is 2. The average molecular weight is 432 g/mol. The fourth-order valence-electron chi connectivity index (χ4n) is 5.18. The molecule has 2 heterocycles. The highest BCUT2D eigenvalue weighted by atomic mass is 16.5. The third-order valence-electron chi connectivity index (χ3n) is 7.39. The Balaban J connectivity index is 1.52. The number of amides is 1. The van der Waals surface area contributed by atoms with E-state index in [-0.39, 0.29) is 23.1 Å². The Hall–Kier alpha value is -3.08. The number of furan rings is 1. The molecule has 1 amide bonds. The van der Waals surface area contributed by atoms with E-state index >= 15 is 0 Å². The van der Waals surface area contributed by atoms with Gasteiger partial charge in [-0.15, -0.1) is 0 Å². The molecule has 1 saturated carbocycles. The van der Waals surface area contributed by atoms with Gasteiger partial charge in [-0.05, 0) is 81.7 Å². The molecule has 0 atom stereocenters. The first kappa shape index (κ1) is 20.8. The lowest BCUT2D eigenvalue weighted by molar-refractivity contribution is 0.00430. The molecule has 0 saturated heterocycles.